The Bertz CT molecular complexity index is 1120. The van der Waals surface area contributed by atoms with E-state index in [1.807, 2.05) is 35.6 Å². The van der Waals surface area contributed by atoms with E-state index in [0.717, 1.165) is 14.3 Å². The molecule has 0 spiro atoms. The summed E-state index contributed by atoms with van der Waals surface area (Å²) in [6, 6.07) is 22.5. The summed E-state index contributed by atoms with van der Waals surface area (Å²) in [6.45, 7) is 1.76. The Balaban J connectivity index is 2.10. The maximum Gasteiger partial charge on any atom is 0.266 e. The predicted octanol–water partition coefficient (Wildman–Crippen LogP) is 6.68. The van der Waals surface area contributed by atoms with Gasteiger partial charge in [0.15, 0.2) is 0 Å². The third-order valence-electron chi connectivity index (χ3n) is 4.28. The summed E-state index contributed by atoms with van der Waals surface area (Å²) in [6.07, 6.45) is 0. The van der Waals surface area contributed by atoms with Gasteiger partial charge in [0.1, 0.15) is 0 Å². The first kappa shape index (κ1) is 22.0. The molecular formula is C22H18BrFINO2S. The van der Waals surface area contributed by atoms with Crippen molar-refractivity contribution in [3.8, 4) is 0 Å². The maximum atomic E-state index is 15.6. The van der Waals surface area contributed by atoms with Gasteiger partial charge in [-0.05, 0) is 64.9 Å². The second-order valence-electron chi connectivity index (χ2n) is 6.42. The fourth-order valence-electron chi connectivity index (χ4n) is 2.67. The molecule has 0 radical (unpaired) electrons. The van der Waals surface area contributed by atoms with E-state index in [1.165, 1.54) is 12.1 Å². The van der Waals surface area contributed by atoms with Crippen molar-refractivity contribution < 1.29 is 12.8 Å². The van der Waals surface area contributed by atoms with E-state index in [1.54, 1.807) is 60.7 Å². The molecule has 0 amide bonds. The SMILES string of the molecule is Cc1ccc(S(=O)(=O)N(Cc2ccccc2)/C(F)=C(\I)c2ccc(Br)cc2)cc1. The first-order chi connectivity index (χ1) is 13.8. The highest BCUT2D eigenvalue weighted by Crippen LogP contribution is 2.33. The van der Waals surface area contributed by atoms with Gasteiger partial charge in [0.2, 0.25) is 5.95 Å². The minimum atomic E-state index is -4.09. The van der Waals surface area contributed by atoms with E-state index in [9.17, 15) is 8.42 Å². The van der Waals surface area contributed by atoms with Crippen molar-refractivity contribution in [1.29, 1.82) is 0 Å². The van der Waals surface area contributed by atoms with Crippen LogP contribution in [-0.4, -0.2) is 12.7 Å². The molecule has 0 fully saturated rings. The fourth-order valence-corrected chi connectivity index (χ4v) is 5.11. The molecule has 150 valence electrons. The quantitative estimate of drug-likeness (QED) is 0.239. The van der Waals surface area contributed by atoms with Crippen molar-refractivity contribution in [2.45, 2.75) is 18.4 Å². The Morgan fingerprint density at radius 2 is 1.55 bits per heavy atom. The van der Waals surface area contributed by atoms with Crippen molar-refractivity contribution in [2.24, 2.45) is 0 Å². The molecule has 0 aromatic heterocycles. The molecule has 7 heteroatoms. The van der Waals surface area contributed by atoms with Gasteiger partial charge in [0.25, 0.3) is 10.0 Å². The van der Waals surface area contributed by atoms with E-state index in [-0.39, 0.29) is 15.0 Å². The predicted molar refractivity (Wildman–Crippen MR) is 127 cm³/mol. The zero-order valence-electron chi connectivity index (χ0n) is 15.5. The summed E-state index contributed by atoms with van der Waals surface area (Å²) in [7, 11) is -4.09. The molecular weight excluding hydrogens is 568 g/mol. The first-order valence-corrected chi connectivity index (χ1v) is 12.0. The van der Waals surface area contributed by atoms with Gasteiger partial charge in [-0.3, -0.25) is 0 Å². The summed E-state index contributed by atoms with van der Waals surface area (Å²) in [4.78, 5) is 0.0502. The molecule has 0 atom stereocenters. The van der Waals surface area contributed by atoms with Crippen LogP contribution < -0.4 is 0 Å². The molecule has 0 aliphatic heterocycles. The minimum absolute atomic E-state index is 0.0502. The van der Waals surface area contributed by atoms with E-state index in [4.69, 9.17) is 0 Å². The van der Waals surface area contributed by atoms with Gasteiger partial charge in [0.05, 0.1) is 15.0 Å². The molecule has 3 aromatic rings. The topological polar surface area (TPSA) is 37.4 Å². The normalized spacial score (nSPS) is 12.4. The van der Waals surface area contributed by atoms with Crippen LogP contribution >= 0.6 is 38.5 Å². The fraction of sp³-hybridized carbons (Fsp3) is 0.0909. The van der Waals surface area contributed by atoms with Crippen LogP contribution in [0.1, 0.15) is 16.7 Å². The van der Waals surface area contributed by atoms with Crippen LogP contribution in [0.15, 0.2) is 94.2 Å². The van der Waals surface area contributed by atoms with E-state index < -0.39 is 16.0 Å². The van der Waals surface area contributed by atoms with Gasteiger partial charge in [-0.25, -0.2) is 12.7 Å². The zero-order valence-corrected chi connectivity index (χ0v) is 20.1. The molecule has 0 aliphatic rings. The van der Waals surface area contributed by atoms with Crippen molar-refractivity contribution in [3.05, 3.63) is 106 Å². The summed E-state index contributed by atoms with van der Waals surface area (Å²) in [5, 5.41) is 0. The van der Waals surface area contributed by atoms with Crippen LogP contribution in [0.2, 0.25) is 0 Å². The summed E-state index contributed by atoms with van der Waals surface area (Å²) >= 11 is 5.21. The molecule has 0 saturated carbocycles. The first-order valence-electron chi connectivity index (χ1n) is 8.73. The smallest absolute Gasteiger partial charge is 0.236 e. The van der Waals surface area contributed by atoms with Crippen LogP contribution in [0, 0.1) is 6.92 Å². The Morgan fingerprint density at radius 1 is 0.966 bits per heavy atom. The number of aryl methyl sites for hydroxylation is 1. The second-order valence-corrected chi connectivity index (χ2v) is 10.3. The Kier molecular flexibility index (Phi) is 7.13. The lowest BCUT2D eigenvalue weighted by atomic mass is 10.2. The highest BCUT2D eigenvalue weighted by atomic mass is 127. The largest absolute Gasteiger partial charge is 0.266 e. The van der Waals surface area contributed by atoms with Gasteiger partial charge in [-0.15, -0.1) is 0 Å². The van der Waals surface area contributed by atoms with Crippen LogP contribution in [0.3, 0.4) is 0 Å². The van der Waals surface area contributed by atoms with Crippen molar-refractivity contribution in [2.75, 3.05) is 0 Å². The lowest BCUT2D eigenvalue weighted by molar-refractivity contribution is 0.383. The number of halogens is 3. The third kappa shape index (κ3) is 5.26. The van der Waals surface area contributed by atoms with E-state index in [0.29, 0.717) is 11.1 Å². The minimum Gasteiger partial charge on any atom is -0.236 e. The molecule has 0 N–H and O–H groups in total. The van der Waals surface area contributed by atoms with E-state index in [2.05, 4.69) is 15.9 Å². The maximum absolute atomic E-state index is 15.6. The van der Waals surface area contributed by atoms with Crippen LogP contribution in [0.5, 0.6) is 0 Å². The molecule has 3 aromatic carbocycles. The molecule has 3 rings (SSSR count). The molecule has 0 unspecified atom stereocenters. The van der Waals surface area contributed by atoms with Crippen LogP contribution in [-0.2, 0) is 16.6 Å². The van der Waals surface area contributed by atoms with Gasteiger partial charge >= 0.3 is 0 Å². The molecule has 3 nitrogen and oxygen atoms in total. The van der Waals surface area contributed by atoms with Crippen molar-refractivity contribution in [3.63, 3.8) is 0 Å². The Morgan fingerprint density at radius 3 is 2.14 bits per heavy atom. The number of benzene rings is 3. The molecule has 0 aliphatic carbocycles. The second kappa shape index (κ2) is 9.40. The van der Waals surface area contributed by atoms with Crippen LogP contribution in [0.25, 0.3) is 3.58 Å². The lowest BCUT2D eigenvalue weighted by Gasteiger charge is -2.24. The highest BCUT2D eigenvalue weighted by Gasteiger charge is 2.29. The van der Waals surface area contributed by atoms with Gasteiger partial charge in [0, 0.05) is 4.47 Å². The monoisotopic (exact) mass is 585 g/mol. The summed E-state index contributed by atoms with van der Waals surface area (Å²) in [5.74, 6) is -0.808. The average molecular weight is 586 g/mol. The summed E-state index contributed by atoms with van der Waals surface area (Å²) in [5.41, 5.74) is 2.22. The number of nitrogens with zero attached hydrogens (tertiary/aromatic N) is 1. The third-order valence-corrected chi connectivity index (χ3v) is 7.61. The molecule has 0 saturated heterocycles. The highest BCUT2D eigenvalue weighted by molar-refractivity contribution is 14.1. The molecule has 0 bridgehead atoms. The molecule has 0 heterocycles. The number of hydrogen-bond donors (Lipinski definition) is 0. The van der Waals surface area contributed by atoms with Gasteiger partial charge in [-0.1, -0.05) is 76.1 Å². The lowest BCUT2D eigenvalue weighted by Crippen LogP contribution is -2.29. The molecule has 29 heavy (non-hydrogen) atoms. The van der Waals surface area contributed by atoms with Crippen LogP contribution in [0.4, 0.5) is 4.39 Å². The number of sulfonamides is 1. The van der Waals surface area contributed by atoms with Gasteiger partial charge in [-0.2, -0.15) is 4.39 Å². The Hall–Kier alpha value is -1.71. The number of rotatable bonds is 6. The Labute approximate surface area is 192 Å². The summed E-state index contributed by atoms with van der Waals surface area (Å²) < 4.78 is 44.2. The van der Waals surface area contributed by atoms with Crippen molar-refractivity contribution in [1.82, 2.24) is 4.31 Å². The number of hydrogen-bond acceptors (Lipinski definition) is 2. The van der Waals surface area contributed by atoms with Gasteiger partial charge < -0.3 is 0 Å². The average Bonchev–Trinajstić information content (AvgIpc) is 2.72. The standard InChI is InChI=1S/C22H18BrFINO2S/c1-16-7-13-20(14-8-16)29(27,28)26(15-17-5-3-2-4-6-17)22(24)21(25)18-9-11-19(23)12-10-18/h2-14H,15H2,1H3/b22-21-. The van der Waals surface area contributed by atoms with E-state index >= 15 is 4.39 Å². The zero-order chi connectivity index (χ0) is 21.0. The van der Waals surface area contributed by atoms with Crippen molar-refractivity contribution >= 4 is 52.1 Å².